The van der Waals surface area contributed by atoms with Crippen LogP contribution in [0.2, 0.25) is 0 Å². The largest absolute Gasteiger partial charge is 0.299 e. The third-order valence-corrected chi connectivity index (χ3v) is 4.85. The van der Waals surface area contributed by atoms with Crippen molar-refractivity contribution in [2.45, 2.75) is 18.7 Å². The van der Waals surface area contributed by atoms with Gasteiger partial charge in [-0.1, -0.05) is 0 Å². The summed E-state index contributed by atoms with van der Waals surface area (Å²) in [5, 5.41) is 0. The quantitative estimate of drug-likeness (QED) is 0.920. The van der Waals surface area contributed by atoms with Gasteiger partial charge in [-0.3, -0.25) is 4.79 Å². The first-order chi connectivity index (χ1) is 6.83. The molecule has 0 aliphatic heterocycles. The number of sulfonamides is 1. The summed E-state index contributed by atoms with van der Waals surface area (Å²) >= 11 is 4.56. The van der Waals surface area contributed by atoms with Crippen LogP contribution in [0.25, 0.3) is 0 Å². The Hall–Kier alpha value is -0.240. The Morgan fingerprint density at radius 2 is 2.20 bits per heavy atom. The summed E-state index contributed by atoms with van der Waals surface area (Å²) in [6.07, 6.45) is 0. The van der Waals surface area contributed by atoms with Crippen LogP contribution in [-0.4, -0.2) is 20.7 Å². The van der Waals surface area contributed by atoms with Crippen molar-refractivity contribution in [2.75, 3.05) is 6.54 Å². The number of carbonyl (C=O) groups excluding carboxylic acids is 1. The van der Waals surface area contributed by atoms with E-state index in [2.05, 4.69) is 20.7 Å². The molecule has 0 aromatic carbocycles. The van der Waals surface area contributed by atoms with Crippen LogP contribution in [0.3, 0.4) is 0 Å². The van der Waals surface area contributed by atoms with Crippen molar-refractivity contribution in [3.8, 4) is 0 Å². The van der Waals surface area contributed by atoms with Crippen molar-refractivity contribution in [1.82, 2.24) is 4.72 Å². The van der Waals surface area contributed by atoms with E-state index < -0.39 is 10.0 Å². The van der Waals surface area contributed by atoms with E-state index in [-0.39, 0.29) is 17.2 Å². The highest BCUT2D eigenvalue weighted by Gasteiger charge is 2.19. The van der Waals surface area contributed by atoms with Crippen LogP contribution in [0.4, 0.5) is 0 Å². The molecule has 0 spiro atoms. The summed E-state index contributed by atoms with van der Waals surface area (Å²) in [4.78, 5) is 11.6. The average molecular weight is 312 g/mol. The molecule has 0 aliphatic carbocycles. The van der Waals surface area contributed by atoms with E-state index in [0.29, 0.717) is 4.88 Å². The van der Waals surface area contributed by atoms with E-state index in [0.717, 1.165) is 3.79 Å². The number of thiophene rings is 1. The lowest BCUT2D eigenvalue weighted by molar-refractivity contribution is -0.115. The molecule has 0 aliphatic rings. The maximum absolute atomic E-state index is 11.7. The Morgan fingerprint density at radius 3 is 2.60 bits per heavy atom. The van der Waals surface area contributed by atoms with E-state index in [4.69, 9.17) is 0 Å². The fourth-order valence-corrected chi connectivity index (χ4v) is 4.44. The Labute approximate surface area is 101 Å². The first-order valence-electron chi connectivity index (χ1n) is 4.08. The highest BCUT2D eigenvalue weighted by atomic mass is 79.9. The van der Waals surface area contributed by atoms with Crippen LogP contribution >= 0.6 is 27.3 Å². The third-order valence-electron chi connectivity index (χ3n) is 1.64. The number of aryl methyl sites for hydroxylation is 1. The highest BCUT2D eigenvalue weighted by Crippen LogP contribution is 2.29. The van der Waals surface area contributed by atoms with Gasteiger partial charge >= 0.3 is 0 Å². The Bertz CT molecular complexity index is 478. The van der Waals surface area contributed by atoms with Crippen molar-refractivity contribution in [3.05, 3.63) is 14.7 Å². The lowest BCUT2D eigenvalue weighted by Gasteiger charge is -2.03. The van der Waals surface area contributed by atoms with Crippen molar-refractivity contribution in [2.24, 2.45) is 0 Å². The van der Waals surface area contributed by atoms with Crippen LogP contribution in [0, 0.1) is 6.92 Å². The Balaban J connectivity index is 2.96. The molecule has 0 saturated heterocycles. The molecule has 1 heterocycles. The lowest BCUT2D eigenvalue weighted by Crippen LogP contribution is -2.28. The number of halogens is 1. The SMILES string of the molecule is CC(=O)CNS(=O)(=O)c1cc(Br)sc1C. The van der Waals surface area contributed by atoms with Gasteiger partial charge in [-0.25, -0.2) is 13.1 Å². The minimum atomic E-state index is -3.56. The molecule has 84 valence electrons. The smallest absolute Gasteiger partial charge is 0.242 e. The Morgan fingerprint density at radius 1 is 1.60 bits per heavy atom. The second-order valence-corrected chi connectivity index (χ2v) is 7.37. The zero-order valence-corrected chi connectivity index (χ0v) is 11.4. The highest BCUT2D eigenvalue weighted by molar-refractivity contribution is 9.11. The molecule has 0 amide bonds. The van der Waals surface area contributed by atoms with Crippen LogP contribution in [-0.2, 0) is 14.8 Å². The monoisotopic (exact) mass is 311 g/mol. The maximum Gasteiger partial charge on any atom is 0.242 e. The number of ketones is 1. The summed E-state index contributed by atoms with van der Waals surface area (Å²) in [5.41, 5.74) is 0. The zero-order valence-electron chi connectivity index (χ0n) is 8.20. The first-order valence-corrected chi connectivity index (χ1v) is 7.17. The zero-order chi connectivity index (χ0) is 11.6. The molecule has 0 fully saturated rings. The van der Waals surface area contributed by atoms with Crippen LogP contribution in [0.1, 0.15) is 11.8 Å². The molecule has 1 rings (SSSR count). The van der Waals surface area contributed by atoms with Crippen molar-refractivity contribution in [3.63, 3.8) is 0 Å². The van der Waals surface area contributed by atoms with Crippen molar-refractivity contribution < 1.29 is 13.2 Å². The molecular weight excluding hydrogens is 302 g/mol. The van der Waals surface area contributed by atoms with Gasteiger partial charge in [0.25, 0.3) is 0 Å². The fraction of sp³-hybridized carbons (Fsp3) is 0.375. The Kier molecular flexibility index (Phi) is 4.05. The van der Waals surface area contributed by atoms with E-state index in [1.54, 1.807) is 6.92 Å². The molecule has 1 aromatic rings. The molecule has 0 unspecified atom stereocenters. The van der Waals surface area contributed by atoms with Crippen molar-refractivity contribution >= 4 is 43.1 Å². The van der Waals surface area contributed by atoms with Gasteiger partial charge in [-0.2, -0.15) is 0 Å². The maximum atomic E-state index is 11.7. The lowest BCUT2D eigenvalue weighted by atomic mass is 10.5. The van der Waals surface area contributed by atoms with Crippen LogP contribution in [0.15, 0.2) is 14.7 Å². The van der Waals surface area contributed by atoms with E-state index in [9.17, 15) is 13.2 Å². The first kappa shape index (κ1) is 12.8. The topological polar surface area (TPSA) is 63.2 Å². The normalized spacial score (nSPS) is 11.7. The molecule has 7 heteroatoms. The molecule has 4 nitrogen and oxygen atoms in total. The number of carbonyl (C=O) groups is 1. The molecule has 0 saturated carbocycles. The predicted octanol–water partition coefficient (Wildman–Crippen LogP) is 1.69. The molecule has 0 radical (unpaired) electrons. The number of rotatable bonds is 4. The fourth-order valence-electron chi connectivity index (χ4n) is 0.972. The average Bonchev–Trinajstić information content (AvgIpc) is 2.43. The summed E-state index contributed by atoms with van der Waals surface area (Å²) < 4.78 is 26.4. The third kappa shape index (κ3) is 3.37. The van der Waals surface area contributed by atoms with Gasteiger partial charge in [-0.05, 0) is 35.8 Å². The van der Waals surface area contributed by atoms with Gasteiger partial charge in [0.15, 0.2) is 0 Å². The molecular formula is C8H10BrNO3S2. The number of nitrogens with one attached hydrogen (secondary N) is 1. The summed E-state index contributed by atoms with van der Waals surface area (Å²) in [5.74, 6) is -0.217. The van der Waals surface area contributed by atoms with Crippen LogP contribution in [0.5, 0.6) is 0 Å². The number of hydrogen-bond acceptors (Lipinski definition) is 4. The molecule has 1 aromatic heterocycles. The number of Topliss-reactive ketones (excluding diaryl/α,β-unsaturated/α-hetero) is 1. The van der Waals surface area contributed by atoms with E-state index in [1.807, 2.05) is 0 Å². The molecule has 1 N–H and O–H groups in total. The van der Waals surface area contributed by atoms with Gasteiger partial charge < -0.3 is 0 Å². The minimum Gasteiger partial charge on any atom is -0.299 e. The second-order valence-electron chi connectivity index (χ2n) is 3.00. The van der Waals surface area contributed by atoms with E-state index in [1.165, 1.54) is 24.3 Å². The van der Waals surface area contributed by atoms with Gasteiger partial charge in [0, 0.05) is 4.88 Å². The predicted molar refractivity (Wildman–Crippen MR) is 62.6 cm³/mol. The molecule has 0 atom stereocenters. The standard InChI is InChI=1S/C8H10BrNO3S2/c1-5(11)4-10-15(12,13)7-3-8(9)14-6(7)2/h3,10H,4H2,1-2H3. The van der Waals surface area contributed by atoms with Crippen molar-refractivity contribution in [1.29, 1.82) is 0 Å². The van der Waals surface area contributed by atoms with Gasteiger partial charge in [0.05, 0.1) is 15.2 Å². The molecule has 0 bridgehead atoms. The van der Waals surface area contributed by atoms with Crippen LogP contribution < -0.4 is 4.72 Å². The van der Waals surface area contributed by atoms with Gasteiger partial charge in [0.1, 0.15) is 5.78 Å². The minimum absolute atomic E-state index is 0.171. The summed E-state index contributed by atoms with van der Waals surface area (Å²) in [6.45, 7) is 2.88. The second kappa shape index (κ2) is 4.73. The molecule has 15 heavy (non-hydrogen) atoms. The van der Waals surface area contributed by atoms with E-state index >= 15 is 0 Å². The summed E-state index contributed by atoms with van der Waals surface area (Å²) in [7, 11) is -3.56. The van der Waals surface area contributed by atoms with Gasteiger partial charge in [0.2, 0.25) is 10.0 Å². The number of hydrogen-bond donors (Lipinski definition) is 1. The summed E-state index contributed by atoms with van der Waals surface area (Å²) in [6, 6.07) is 1.53. The van der Waals surface area contributed by atoms with Gasteiger partial charge in [-0.15, -0.1) is 11.3 Å².